The molecule has 0 aliphatic rings. The van der Waals surface area contributed by atoms with Crippen LogP contribution in [0.5, 0.6) is 0 Å². The maximum absolute atomic E-state index is 12.7. The zero-order valence-electron chi connectivity index (χ0n) is 6.79. The van der Waals surface area contributed by atoms with Crippen molar-refractivity contribution >= 4 is 17.0 Å². The fraction of sp³-hybridized carbons (Fsp3) is 0. The van der Waals surface area contributed by atoms with Gasteiger partial charge in [0.25, 0.3) is 0 Å². The Morgan fingerprint density at radius 2 is 2.15 bits per heavy atom. The van der Waals surface area contributed by atoms with Crippen molar-refractivity contribution in [2.24, 2.45) is 4.99 Å². The number of hydrogen-bond donors (Lipinski definition) is 1. The molecule has 1 N–H and O–H groups in total. The second-order valence-corrected chi connectivity index (χ2v) is 2.68. The van der Waals surface area contributed by atoms with Gasteiger partial charge in [0.15, 0.2) is 0 Å². The Hall–Kier alpha value is -1.77. The number of fused-ring (bicyclic) bond motifs is 1. The molecule has 0 saturated carbocycles. The van der Waals surface area contributed by atoms with Gasteiger partial charge in [-0.1, -0.05) is 0 Å². The van der Waals surface area contributed by atoms with Crippen LogP contribution in [0.1, 0.15) is 0 Å². The monoisotopic (exact) mass is 174 g/mol. The van der Waals surface area contributed by atoms with Gasteiger partial charge in [-0.15, -0.1) is 0 Å². The molecule has 0 saturated heterocycles. The van der Waals surface area contributed by atoms with E-state index in [4.69, 9.17) is 5.41 Å². The van der Waals surface area contributed by atoms with E-state index in [1.807, 2.05) is 0 Å². The van der Waals surface area contributed by atoms with E-state index in [2.05, 4.69) is 4.99 Å². The van der Waals surface area contributed by atoms with Gasteiger partial charge in [-0.3, -0.25) is 4.99 Å². The van der Waals surface area contributed by atoms with Crippen LogP contribution in [0.15, 0.2) is 35.5 Å². The van der Waals surface area contributed by atoms with Crippen molar-refractivity contribution in [1.82, 2.24) is 0 Å². The lowest BCUT2D eigenvalue weighted by Crippen LogP contribution is -1.76. The summed E-state index contributed by atoms with van der Waals surface area (Å²) < 4.78 is 12.7. The number of halogens is 1. The van der Waals surface area contributed by atoms with Crippen LogP contribution in [0, 0.1) is 11.2 Å². The molecule has 0 spiro atoms. The lowest BCUT2D eigenvalue weighted by molar-refractivity contribution is 0.630. The minimum Gasteiger partial charge on any atom is -0.309 e. The van der Waals surface area contributed by atoms with Crippen LogP contribution in [0.4, 0.5) is 4.39 Å². The number of nitrogens with one attached hydrogen (secondary N) is 1. The molecule has 2 aromatic carbocycles. The summed E-state index contributed by atoms with van der Waals surface area (Å²) in [6.07, 6.45) is 4.19. The number of benzene rings is 1. The molecule has 0 radical (unpaired) electrons. The van der Waals surface area contributed by atoms with Crippen LogP contribution in [0.3, 0.4) is 0 Å². The van der Waals surface area contributed by atoms with E-state index in [1.54, 1.807) is 6.07 Å². The molecular formula is C10H7FN2. The number of nitrogens with zero attached hydrogens (tertiary/aromatic N) is 1. The van der Waals surface area contributed by atoms with Crippen LogP contribution in [-0.2, 0) is 0 Å². The van der Waals surface area contributed by atoms with Gasteiger partial charge in [-0.25, -0.2) is 4.39 Å². The average Bonchev–Trinajstić information content (AvgIpc) is 2.79. The van der Waals surface area contributed by atoms with Gasteiger partial charge in [0, 0.05) is 23.2 Å². The van der Waals surface area contributed by atoms with E-state index >= 15 is 0 Å². The third kappa shape index (κ3) is 1.40. The summed E-state index contributed by atoms with van der Waals surface area (Å²) in [6, 6.07) is 4.59. The van der Waals surface area contributed by atoms with Gasteiger partial charge in [0.2, 0.25) is 0 Å². The van der Waals surface area contributed by atoms with E-state index in [0.717, 1.165) is 22.3 Å². The number of hydrogen-bond acceptors (Lipinski definition) is 2. The minimum absolute atomic E-state index is 0.236. The maximum atomic E-state index is 12.7. The van der Waals surface area contributed by atoms with Crippen molar-refractivity contribution in [3.63, 3.8) is 0 Å². The van der Waals surface area contributed by atoms with Crippen LogP contribution in [-0.4, -0.2) is 6.21 Å². The first-order valence-corrected chi connectivity index (χ1v) is 3.86. The Kier molecular flexibility index (Phi) is 1.77. The molecule has 2 rings (SSSR count). The summed E-state index contributed by atoms with van der Waals surface area (Å²) in [4.78, 5) is 4.05. The summed E-state index contributed by atoms with van der Waals surface area (Å²) in [5.74, 6) is -0.236. The molecule has 64 valence electrons. The first-order chi connectivity index (χ1) is 6.33. The van der Waals surface area contributed by atoms with Gasteiger partial charge >= 0.3 is 0 Å². The number of allylic oxidation sites excluding steroid dienone is 1. The zero-order valence-corrected chi connectivity index (χ0v) is 6.79. The quantitative estimate of drug-likeness (QED) is 0.675. The van der Waals surface area contributed by atoms with Crippen LogP contribution < -0.4 is 5.36 Å². The van der Waals surface area contributed by atoms with E-state index in [-0.39, 0.29) is 5.82 Å². The topological polar surface area (TPSA) is 36.2 Å². The standard InChI is InChI=1S/C10H7FN2/c11-7-2-3-8-9(6-7)10(8)13-5-1-4-12/h1-6,12H/b5-1-,12-4?,13-10?. The Balaban J connectivity index is 2.41. The largest absolute Gasteiger partial charge is 0.309 e. The second-order valence-electron chi connectivity index (χ2n) is 2.68. The van der Waals surface area contributed by atoms with E-state index < -0.39 is 0 Å². The molecule has 0 aliphatic heterocycles. The highest BCUT2D eigenvalue weighted by Crippen LogP contribution is 2.15. The van der Waals surface area contributed by atoms with Crippen molar-refractivity contribution in [2.45, 2.75) is 0 Å². The molecule has 2 nitrogen and oxygen atoms in total. The molecule has 0 fully saturated rings. The van der Waals surface area contributed by atoms with Gasteiger partial charge in [0.1, 0.15) is 5.82 Å². The third-order valence-electron chi connectivity index (χ3n) is 1.82. The SMILES string of the molecule is N=C/C=C\N=c1c2ccc(F)cc12. The summed E-state index contributed by atoms with van der Waals surface area (Å²) in [5, 5.41) is 9.41. The summed E-state index contributed by atoms with van der Waals surface area (Å²) in [6.45, 7) is 0. The smallest absolute Gasteiger partial charge is 0.123 e. The second kappa shape index (κ2) is 2.94. The lowest BCUT2D eigenvalue weighted by Gasteiger charge is -1.76. The molecule has 0 amide bonds. The van der Waals surface area contributed by atoms with Crippen LogP contribution in [0.2, 0.25) is 0 Å². The third-order valence-corrected chi connectivity index (χ3v) is 1.82. The first-order valence-electron chi connectivity index (χ1n) is 3.86. The molecular weight excluding hydrogens is 167 g/mol. The summed E-state index contributed by atoms with van der Waals surface area (Å²) >= 11 is 0. The molecule has 0 heterocycles. The van der Waals surface area contributed by atoms with Crippen LogP contribution in [0.25, 0.3) is 10.8 Å². The molecule has 0 unspecified atom stereocenters. The highest BCUT2D eigenvalue weighted by atomic mass is 19.1. The molecule has 13 heavy (non-hydrogen) atoms. The van der Waals surface area contributed by atoms with Crippen molar-refractivity contribution in [3.8, 4) is 0 Å². The fourth-order valence-electron chi connectivity index (χ4n) is 1.17. The molecule has 0 atom stereocenters. The van der Waals surface area contributed by atoms with E-state index in [9.17, 15) is 4.39 Å². The first kappa shape index (κ1) is 7.86. The summed E-state index contributed by atoms with van der Waals surface area (Å²) in [7, 11) is 0. The maximum Gasteiger partial charge on any atom is 0.123 e. The highest BCUT2D eigenvalue weighted by Gasteiger charge is 2.08. The molecule has 0 aromatic heterocycles. The van der Waals surface area contributed by atoms with Crippen molar-refractivity contribution < 1.29 is 4.39 Å². The predicted octanol–water partition coefficient (Wildman–Crippen LogP) is 1.92. The molecule has 2 aromatic rings. The molecule has 0 bridgehead atoms. The van der Waals surface area contributed by atoms with Gasteiger partial charge in [-0.05, 0) is 24.3 Å². The van der Waals surface area contributed by atoms with Gasteiger partial charge in [0.05, 0.1) is 5.36 Å². The highest BCUT2D eigenvalue weighted by molar-refractivity contribution is 5.96. The Labute approximate surface area is 74.2 Å². The summed E-state index contributed by atoms with van der Waals surface area (Å²) in [5.41, 5.74) is 0. The minimum atomic E-state index is -0.236. The van der Waals surface area contributed by atoms with Gasteiger partial charge < -0.3 is 5.41 Å². The van der Waals surface area contributed by atoms with Crippen molar-refractivity contribution in [2.75, 3.05) is 0 Å². The Morgan fingerprint density at radius 1 is 1.31 bits per heavy atom. The fourth-order valence-corrected chi connectivity index (χ4v) is 1.17. The van der Waals surface area contributed by atoms with E-state index in [0.29, 0.717) is 0 Å². The Bertz CT molecular complexity index is 502. The lowest BCUT2D eigenvalue weighted by atomic mass is 10.4. The van der Waals surface area contributed by atoms with Crippen molar-refractivity contribution in [1.29, 1.82) is 5.41 Å². The normalized spacial score (nSPS) is 13.5. The molecule has 0 aliphatic carbocycles. The average molecular weight is 174 g/mol. The predicted molar refractivity (Wildman–Crippen MR) is 49.8 cm³/mol. The van der Waals surface area contributed by atoms with Crippen LogP contribution >= 0.6 is 0 Å². The van der Waals surface area contributed by atoms with Crippen molar-refractivity contribution in [3.05, 3.63) is 41.6 Å². The number of rotatable bonds is 2. The zero-order chi connectivity index (χ0) is 9.26. The van der Waals surface area contributed by atoms with Gasteiger partial charge in [-0.2, -0.15) is 0 Å². The Morgan fingerprint density at radius 3 is 2.85 bits per heavy atom. The molecule has 3 heteroatoms. The van der Waals surface area contributed by atoms with E-state index in [1.165, 1.54) is 24.4 Å².